The Morgan fingerprint density at radius 2 is 1.29 bits per heavy atom. The summed E-state index contributed by atoms with van der Waals surface area (Å²) in [6, 6.07) is 4.52. The van der Waals surface area contributed by atoms with Crippen LogP contribution in [-0.2, 0) is 9.59 Å². The summed E-state index contributed by atoms with van der Waals surface area (Å²) >= 11 is 14.9. The smallest absolute Gasteiger partial charge is 0.349 e. The molecule has 1 aromatic carbocycles. The lowest BCUT2D eigenvalue weighted by Crippen LogP contribution is -1.95. The Kier molecular flexibility index (Phi) is 18.8. The number of halogens is 3. The highest BCUT2D eigenvalue weighted by Gasteiger charge is 2.15. The molecule has 1 aliphatic heterocycles. The molecule has 0 spiro atoms. The van der Waals surface area contributed by atoms with Crippen LogP contribution in [0.4, 0.5) is 0 Å². The van der Waals surface area contributed by atoms with Crippen molar-refractivity contribution in [2.75, 3.05) is 13.4 Å². The van der Waals surface area contributed by atoms with Crippen molar-refractivity contribution < 1.29 is 44.3 Å². The second-order valence-electron chi connectivity index (χ2n) is 7.30. The molecule has 4 N–H and O–H groups in total. The summed E-state index contributed by atoms with van der Waals surface area (Å²) in [5.41, 5.74) is 0.208. The van der Waals surface area contributed by atoms with E-state index in [9.17, 15) is 14.4 Å². The van der Waals surface area contributed by atoms with Crippen LogP contribution in [0.2, 0.25) is 0 Å². The van der Waals surface area contributed by atoms with E-state index in [1.54, 1.807) is 6.07 Å². The Hall–Kier alpha value is -2.20. The van der Waals surface area contributed by atoms with Crippen molar-refractivity contribution in [3.8, 4) is 11.5 Å². The number of ether oxygens (including phenoxy) is 2. The minimum Gasteiger partial charge on any atom is -0.481 e. The third-order valence-electron chi connectivity index (χ3n) is 4.52. The molecule has 0 fully saturated rings. The maximum absolute atomic E-state index is 10.5. The summed E-state index contributed by atoms with van der Waals surface area (Å²) in [4.78, 5) is 30.5. The van der Waals surface area contributed by atoms with Gasteiger partial charge in [-0.3, -0.25) is 4.79 Å². The molecular formula is C23H31Cl3O9. The van der Waals surface area contributed by atoms with Crippen LogP contribution >= 0.6 is 34.8 Å². The van der Waals surface area contributed by atoms with Crippen LogP contribution in [0.15, 0.2) is 27.7 Å². The fraction of sp³-hybridized carbons (Fsp3) is 0.522. The topological polar surface area (TPSA) is 151 Å². The Balaban J connectivity index is 0.000000518. The summed E-state index contributed by atoms with van der Waals surface area (Å²) in [7, 11) is 0. The number of aliphatic hydroxyl groups excluding tert-OH is 1. The van der Waals surface area contributed by atoms with E-state index in [-0.39, 0.29) is 12.4 Å². The molecule has 0 bridgehead atoms. The molecule has 9 nitrogen and oxygen atoms in total. The number of carbonyl (C=O) groups is 3. The molecule has 0 saturated heterocycles. The van der Waals surface area contributed by atoms with Gasteiger partial charge in [0.25, 0.3) is 0 Å². The van der Waals surface area contributed by atoms with E-state index in [4.69, 9.17) is 64.7 Å². The highest BCUT2D eigenvalue weighted by molar-refractivity contribution is 6.62. The summed E-state index contributed by atoms with van der Waals surface area (Å²) < 4.78 is 9.59. The summed E-state index contributed by atoms with van der Waals surface area (Å²) in [5.74, 6) is -1.88. The van der Waals surface area contributed by atoms with Gasteiger partial charge in [-0.15, -0.1) is 0 Å². The number of hydrogen-bond acceptors (Lipinski definition) is 6. The van der Waals surface area contributed by atoms with Gasteiger partial charge in [0.2, 0.25) is 6.79 Å². The molecule has 198 valence electrons. The highest BCUT2D eigenvalue weighted by atomic mass is 35.5. The molecule has 0 aromatic heterocycles. The Morgan fingerprint density at radius 3 is 1.71 bits per heavy atom. The number of aliphatic carboxylic acids is 2. The Morgan fingerprint density at radius 1 is 0.771 bits per heavy atom. The quantitative estimate of drug-likeness (QED) is 0.168. The maximum atomic E-state index is 10.5. The number of benzene rings is 1. The lowest BCUT2D eigenvalue weighted by molar-refractivity contribution is -0.137. The molecular weight excluding hydrogens is 527 g/mol. The summed E-state index contributed by atoms with van der Waals surface area (Å²) in [6.45, 7) is 0.480. The van der Waals surface area contributed by atoms with Crippen molar-refractivity contribution >= 4 is 52.7 Å². The first-order valence-electron chi connectivity index (χ1n) is 11.0. The Bertz CT molecular complexity index is 824. The Labute approximate surface area is 219 Å². The number of aliphatic hydroxyl groups is 1. The molecule has 0 unspecified atom stereocenters. The van der Waals surface area contributed by atoms with E-state index < -0.39 is 27.4 Å². The van der Waals surface area contributed by atoms with Gasteiger partial charge in [-0.25, -0.2) is 9.59 Å². The predicted octanol–water partition coefficient (Wildman–Crippen LogP) is 6.03. The zero-order valence-corrected chi connectivity index (χ0v) is 21.4. The minimum absolute atomic E-state index is 0.165. The van der Waals surface area contributed by atoms with Gasteiger partial charge in [0.05, 0.1) is 5.56 Å². The van der Waals surface area contributed by atoms with Gasteiger partial charge in [-0.05, 0) is 31.0 Å². The van der Waals surface area contributed by atoms with E-state index in [2.05, 4.69) is 0 Å². The van der Waals surface area contributed by atoms with Crippen molar-refractivity contribution in [1.82, 2.24) is 0 Å². The van der Waals surface area contributed by atoms with Gasteiger partial charge in [0, 0.05) is 13.0 Å². The van der Waals surface area contributed by atoms with Gasteiger partial charge in [-0.1, -0.05) is 79.7 Å². The second-order valence-corrected chi connectivity index (χ2v) is 8.63. The predicted molar refractivity (Wildman–Crippen MR) is 133 cm³/mol. The van der Waals surface area contributed by atoms with E-state index in [0.29, 0.717) is 24.5 Å². The third kappa shape index (κ3) is 17.0. The molecule has 1 aromatic rings. The largest absolute Gasteiger partial charge is 0.481 e. The van der Waals surface area contributed by atoms with Crippen molar-refractivity contribution in [1.29, 1.82) is 0 Å². The third-order valence-corrected chi connectivity index (χ3v) is 5.44. The molecule has 12 heteroatoms. The number of unbranched alkanes of at least 4 members (excludes halogenated alkanes) is 8. The second kappa shape index (κ2) is 20.0. The van der Waals surface area contributed by atoms with Crippen LogP contribution in [0.5, 0.6) is 11.5 Å². The molecule has 0 radical (unpaired) electrons. The first-order valence-corrected chi connectivity index (χ1v) is 12.1. The normalized spacial score (nSPS) is 10.9. The number of rotatable bonds is 13. The lowest BCUT2D eigenvalue weighted by atomic mass is 10.1. The van der Waals surface area contributed by atoms with Crippen molar-refractivity contribution in [3.63, 3.8) is 0 Å². The van der Waals surface area contributed by atoms with Gasteiger partial charge >= 0.3 is 17.9 Å². The average molecular weight is 558 g/mol. The molecule has 35 heavy (non-hydrogen) atoms. The average Bonchev–Trinajstić information content (AvgIpc) is 3.28. The van der Waals surface area contributed by atoms with Crippen molar-refractivity contribution in [2.45, 2.75) is 64.2 Å². The standard InChI is InChI=1S/C12H24O3.C8H6O4.C3HCl3O2/c13-11-9-7-5-3-1-2-4-6-8-10-12(14)15;9-8(10)5-1-2-6-7(3-5)12-4-11-6;4-1(2(5)6)3(7)8/h13H,1-11H2,(H,14,15);1-3H,4H2,(H,9,10);(H,7,8). The maximum Gasteiger partial charge on any atom is 0.349 e. The van der Waals surface area contributed by atoms with E-state index in [1.807, 2.05) is 0 Å². The number of carboxylic acid groups (broad SMARTS) is 3. The SMILES string of the molecule is O=C(O)C(Cl)=C(Cl)Cl.O=C(O)CCCCCCCCCCCO.O=C(O)c1ccc2c(c1)OCO2. The first-order chi connectivity index (χ1) is 16.6. The number of aromatic carboxylic acids is 1. The molecule has 1 aliphatic rings. The zero-order valence-electron chi connectivity index (χ0n) is 19.2. The van der Waals surface area contributed by atoms with Crippen LogP contribution in [0.1, 0.15) is 74.6 Å². The first kappa shape index (κ1) is 32.8. The zero-order chi connectivity index (χ0) is 26.6. The highest BCUT2D eigenvalue weighted by Crippen LogP contribution is 2.32. The number of fused-ring (bicyclic) bond motifs is 1. The van der Waals surface area contributed by atoms with Crippen LogP contribution in [0, 0.1) is 0 Å². The van der Waals surface area contributed by atoms with E-state index in [0.717, 1.165) is 32.1 Å². The fourth-order valence-corrected chi connectivity index (χ4v) is 2.90. The van der Waals surface area contributed by atoms with Gasteiger partial charge in [0.15, 0.2) is 16.5 Å². The summed E-state index contributed by atoms with van der Waals surface area (Å²) in [6.07, 6.45) is 10.3. The van der Waals surface area contributed by atoms with Gasteiger partial charge in [0.1, 0.15) is 4.49 Å². The van der Waals surface area contributed by atoms with Gasteiger partial charge < -0.3 is 29.9 Å². The molecule has 0 atom stereocenters. The lowest BCUT2D eigenvalue weighted by Gasteiger charge is -2.00. The molecule has 2 rings (SSSR count). The van der Waals surface area contributed by atoms with Gasteiger partial charge in [-0.2, -0.15) is 0 Å². The molecule has 0 aliphatic carbocycles. The van der Waals surface area contributed by atoms with Crippen molar-refractivity contribution in [2.24, 2.45) is 0 Å². The fourth-order valence-electron chi connectivity index (χ4n) is 2.74. The van der Waals surface area contributed by atoms with Crippen molar-refractivity contribution in [3.05, 3.63) is 33.3 Å². The van der Waals surface area contributed by atoms with E-state index >= 15 is 0 Å². The van der Waals surface area contributed by atoms with Crippen LogP contribution in [0.25, 0.3) is 0 Å². The number of carboxylic acids is 3. The molecule has 0 saturated carbocycles. The molecule has 0 amide bonds. The molecule has 1 heterocycles. The van der Waals surface area contributed by atoms with Crippen LogP contribution in [-0.4, -0.2) is 51.7 Å². The summed E-state index contributed by atoms with van der Waals surface area (Å²) in [5, 5.41) is 33.0. The van der Waals surface area contributed by atoms with Crippen LogP contribution < -0.4 is 9.47 Å². The van der Waals surface area contributed by atoms with Crippen LogP contribution in [0.3, 0.4) is 0 Å². The van der Waals surface area contributed by atoms with E-state index in [1.165, 1.54) is 37.8 Å². The monoisotopic (exact) mass is 556 g/mol. The minimum atomic E-state index is -1.33. The number of hydrogen-bond donors (Lipinski definition) is 4.